The highest BCUT2D eigenvalue weighted by atomic mass is 79.9. The third-order valence-electron chi connectivity index (χ3n) is 1.40. The number of nitrogens with one attached hydrogen (secondary N) is 1. The largest absolute Gasteiger partial charge is 0.483 e. The quantitative estimate of drug-likeness (QED) is 0.695. The molecule has 0 unspecified atom stereocenters. The maximum absolute atomic E-state index is 8.36. The van der Waals surface area contributed by atoms with Gasteiger partial charge in [0.25, 0.3) is 6.47 Å². The number of carboxylic acid groups (broad SMARTS) is 1. The van der Waals surface area contributed by atoms with Crippen LogP contribution in [0.3, 0.4) is 0 Å². The van der Waals surface area contributed by atoms with Gasteiger partial charge in [-0.15, -0.1) is 0 Å². The van der Waals surface area contributed by atoms with E-state index in [-0.39, 0.29) is 6.47 Å². The van der Waals surface area contributed by atoms with Crippen LogP contribution in [0.5, 0.6) is 0 Å². The molecule has 0 saturated carbocycles. The van der Waals surface area contributed by atoms with Crippen molar-refractivity contribution < 1.29 is 9.90 Å². The van der Waals surface area contributed by atoms with Crippen LogP contribution in [0.25, 0.3) is 11.0 Å². The molecular formula is C8H7BrN2O2. The number of nitrogens with zero attached hydrogens (tertiary/aromatic N) is 1. The first kappa shape index (κ1) is 9.73. The lowest BCUT2D eigenvalue weighted by Crippen LogP contribution is -1.68. The smallest absolute Gasteiger partial charge is 0.290 e. The van der Waals surface area contributed by atoms with Gasteiger partial charge in [-0.2, -0.15) is 0 Å². The summed E-state index contributed by atoms with van der Waals surface area (Å²) >= 11 is 3.39. The first-order valence-corrected chi connectivity index (χ1v) is 4.24. The lowest BCUT2D eigenvalue weighted by molar-refractivity contribution is -0.122. The van der Waals surface area contributed by atoms with Gasteiger partial charge in [-0.1, -0.05) is 6.07 Å². The van der Waals surface area contributed by atoms with E-state index in [1.54, 1.807) is 6.33 Å². The third-order valence-corrected chi connectivity index (χ3v) is 2.04. The molecule has 1 heterocycles. The molecule has 0 aliphatic heterocycles. The van der Waals surface area contributed by atoms with Crippen LogP contribution in [-0.2, 0) is 4.79 Å². The number of para-hydroxylation sites is 1. The fourth-order valence-electron chi connectivity index (χ4n) is 0.929. The van der Waals surface area contributed by atoms with Crippen LogP contribution in [0.15, 0.2) is 29.0 Å². The van der Waals surface area contributed by atoms with E-state index in [0.29, 0.717) is 0 Å². The molecule has 5 heteroatoms. The molecule has 0 amide bonds. The van der Waals surface area contributed by atoms with Crippen molar-refractivity contribution in [3.8, 4) is 0 Å². The molecule has 1 aromatic heterocycles. The molecule has 0 spiro atoms. The van der Waals surface area contributed by atoms with Crippen molar-refractivity contribution in [3.63, 3.8) is 0 Å². The molecule has 0 bridgehead atoms. The van der Waals surface area contributed by atoms with Crippen LogP contribution < -0.4 is 0 Å². The molecule has 2 aromatic rings. The number of benzene rings is 1. The molecule has 68 valence electrons. The number of carbonyl (C=O) groups is 1. The number of rotatable bonds is 0. The van der Waals surface area contributed by atoms with Crippen molar-refractivity contribution in [3.05, 3.63) is 29.0 Å². The summed E-state index contributed by atoms with van der Waals surface area (Å²) in [4.78, 5) is 15.5. The lowest BCUT2D eigenvalue weighted by atomic mass is 10.3. The number of fused-ring (bicyclic) bond motifs is 1. The zero-order valence-electron chi connectivity index (χ0n) is 6.57. The number of aromatic nitrogens is 2. The number of aromatic amines is 1. The summed E-state index contributed by atoms with van der Waals surface area (Å²) in [6.45, 7) is -0.250. The van der Waals surface area contributed by atoms with Crippen molar-refractivity contribution in [2.45, 2.75) is 0 Å². The maximum atomic E-state index is 8.36. The highest BCUT2D eigenvalue weighted by molar-refractivity contribution is 9.10. The molecule has 0 atom stereocenters. The second kappa shape index (κ2) is 4.61. The van der Waals surface area contributed by atoms with Crippen molar-refractivity contribution in [1.82, 2.24) is 9.97 Å². The van der Waals surface area contributed by atoms with Crippen LogP contribution in [0, 0.1) is 0 Å². The summed E-state index contributed by atoms with van der Waals surface area (Å²) < 4.78 is 1.03. The summed E-state index contributed by atoms with van der Waals surface area (Å²) in [5, 5.41) is 6.89. The predicted molar refractivity (Wildman–Crippen MR) is 52.5 cm³/mol. The monoisotopic (exact) mass is 242 g/mol. The van der Waals surface area contributed by atoms with Crippen molar-refractivity contribution >= 4 is 33.4 Å². The highest BCUT2D eigenvalue weighted by Crippen LogP contribution is 2.19. The lowest BCUT2D eigenvalue weighted by Gasteiger charge is -1.88. The zero-order valence-corrected chi connectivity index (χ0v) is 8.15. The van der Waals surface area contributed by atoms with Gasteiger partial charge in [-0.3, -0.25) is 4.79 Å². The number of hydrogen-bond donors (Lipinski definition) is 2. The Labute approximate surface area is 82.7 Å². The van der Waals surface area contributed by atoms with E-state index in [2.05, 4.69) is 25.9 Å². The van der Waals surface area contributed by atoms with Gasteiger partial charge in [0.15, 0.2) is 0 Å². The van der Waals surface area contributed by atoms with Gasteiger partial charge in [0.05, 0.1) is 11.8 Å². The minimum absolute atomic E-state index is 0.250. The van der Waals surface area contributed by atoms with Gasteiger partial charge in [0.1, 0.15) is 5.52 Å². The number of H-pyrrole nitrogens is 1. The van der Waals surface area contributed by atoms with Crippen LogP contribution >= 0.6 is 15.9 Å². The minimum atomic E-state index is -0.250. The van der Waals surface area contributed by atoms with Gasteiger partial charge in [0.2, 0.25) is 0 Å². The van der Waals surface area contributed by atoms with Gasteiger partial charge in [0, 0.05) is 4.47 Å². The normalized spacial score (nSPS) is 9.00. The average Bonchev–Trinajstić information content (AvgIpc) is 2.54. The van der Waals surface area contributed by atoms with E-state index in [1.807, 2.05) is 18.2 Å². The summed E-state index contributed by atoms with van der Waals surface area (Å²) in [5.74, 6) is 0. The molecule has 0 aliphatic rings. The van der Waals surface area contributed by atoms with Crippen molar-refractivity contribution in [1.29, 1.82) is 0 Å². The van der Waals surface area contributed by atoms with Crippen molar-refractivity contribution in [2.24, 2.45) is 0 Å². The molecule has 1 aromatic carbocycles. The van der Waals surface area contributed by atoms with E-state index in [4.69, 9.17) is 9.90 Å². The Hall–Kier alpha value is -1.36. The summed E-state index contributed by atoms with van der Waals surface area (Å²) in [5.41, 5.74) is 2.05. The molecular weight excluding hydrogens is 236 g/mol. The molecule has 2 rings (SSSR count). The zero-order chi connectivity index (χ0) is 9.68. The Morgan fingerprint density at radius 1 is 1.54 bits per heavy atom. The number of imidazole rings is 1. The van der Waals surface area contributed by atoms with Crippen LogP contribution in [-0.4, -0.2) is 21.5 Å². The summed E-state index contributed by atoms with van der Waals surface area (Å²) in [6, 6.07) is 5.95. The molecule has 4 nitrogen and oxygen atoms in total. The first-order chi connectivity index (χ1) is 6.29. The van der Waals surface area contributed by atoms with E-state index in [1.165, 1.54) is 0 Å². The van der Waals surface area contributed by atoms with Crippen LogP contribution in [0.4, 0.5) is 0 Å². The van der Waals surface area contributed by atoms with Gasteiger partial charge in [-0.05, 0) is 28.1 Å². The third kappa shape index (κ3) is 2.29. The second-order valence-electron chi connectivity index (χ2n) is 2.14. The Bertz CT molecular complexity index is 400. The molecule has 0 aliphatic carbocycles. The van der Waals surface area contributed by atoms with Crippen LogP contribution in [0.2, 0.25) is 0 Å². The van der Waals surface area contributed by atoms with Gasteiger partial charge in [-0.25, -0.2) is 4.98 Å². The summed E-state index contributed by atoms with van der Waals surface area (Å²) in [7, 11) is 0. The Kier molecular flexibility index (Phi) is 3.45. The molecule has 2 N–H and O–H groups in total. The topological polar surface area (TPSA) is 66.0 Å². The number of hydrogen-bond acceptors (Lipinski definition) is 2. The van der Waals surface area contributed by atoms with E-state index in [9.17, 15) is 0 Å². The molecule has 0 saturated heterocycles. The first-order valence-electron chi connectivity index (χ1n) is 3.45. The number of halogens is 1. The Morgan fingerprint density at radius 2 is 2.23 bits per heavy atom. The van der Waals surface area contributed by atoms with E-state index < -0.39 is 0 Å². The average molecular weight is 243 g/mol. The van der Waals surface area contributed by atoms with Gasteiger partial charge < -0.3 is 10.1 Å². The standard InChI is InChI=1S/C7H5BrN2.CH2O2/c8-5-2-1-3-6-7(5)10-4-9-6;2-1-3/h1-4H,(H,9,10);1H,(H,2,3). The van der Waals surface area contributed by atoms with Crippen LogP contribution in [0.1, 0.15) is 0 Å². The summed E-state index contributed by atoms with van der Waals surface area (Å²) in [6.07, 6.45) is 1.69. The van der Waals surface area contributed by atoms with Gasteiger partial charge >= 0.3 is 0 Å². The molecule has 13 heavy (non-hydrogen) atoms. The molecule has 0 fully saturated rings. The minimum Gasteiger partial charge on any atom is -0.483 e. The Balaban J connectivity index is 0.000000251. The fourth-order valence-corrected chi connectivity index (χ4v) is 1.40. The van der Waals surface area contributed by atoms with E-state index in [0.717, 1.165) is 15.5 Å². The SMILES string of the molecule is Brc1cccc2[nH]cnc12.O=CO. The highest BCUT2D eigenvalue weighted by Gasteiger charge is 1.96. The maximum Gasteiger partial charge on any atom is 0.290 e. The second-order valence-corrected chi connectivity index (χ2v) is 3.00. The predicted octanol–water partition coefficient (Wildman–Crippen LogP) is 2.03. The molecule has 0 radical (unpaired) electrons. The Morgan fingerprint density at radius 3 is 2.85 bits per heavy atom. The van der Waals surface area contributed by atoms with Crippen molar-refractivity contribution in [2.75, 3.05) is 0 Å². The van der Waals surface area contributed by atoms with E-state index >= 15 is 0 Å². The fraction of sp³-hybridized carbons (Fsp3) is 0.